The minimum Gasteiger partial charge on any atom is -0.393 e. The number of carbonyl (C=O) groups is 2. The highest BCUT2D eigenvalue weighted by atomic mass is 16.3. The Morgan fingerprint density at radius 3 is 2.64 bits per heavy atom. The summed E-state index contributed by atoms with van der Waals surface area (Å²) in [6.07, 6.45) is 0.403. The lowest BCUT2D eigenvalue weighted by Crippen LogP contribution is -2.36. The second-order valence-corrected chi connectivity index (χ2v) is 2.86. The van der Waals surface area contributed by atoms with Crippen LogP contribution in [0, 0.1) is 5.92 Å². The fourth-order valence-electron chi connectivity index (χ4n) is 1.30. The minimum atomic E-state index is -0.654. The van der Waals surface area contributed by atoms with E-state index in [4.69, 9.17) is 10.8 Å². The first-order chi connectivity index (χ1) is 5.11. The number of amides is 1. The van der Waals surface area contributed by atoms with E-state index in [1.807, 2.05) is 0 Å². The van der Waals surface area contributed by atoms with Crippen LogP contribution in [0.4, 0.5) is 0 Å². The van der Waals surface area contributed by atoms with Gasteiger partial charge in [0.2, 0.25) is 5.91 Å². The Morgan fingerprint density at radius 1 is 1.55 bits per heavy atom. The van der Waals surface area contributed by atoms with Crippen molar-refractivity contribution in [3.05, 3.63) is 0 Å². The van der Waals surface area contributed by atoms with Crippen LogP contribution in [0.5, 0.6) is 0 Å². The van der Waals surface area contributed by atoms with Crippen LogP contribution in [-0.4, -0.2) is 22.9 Å². The van der Waals surface area contributed by atoms with E-state index < -0.39 is 17.9 Å². The van der Waals surface area contributed by atoms with Gasteiger partial charge in [-0.2, -0.15) is 0 Å². The number of hydrogen-bond acceptors (Lipinski definition) is 3. The molecule has 0 heterocycles. The summed E-state index contributed by atoms with van der Waals surface area (Å²) in [5.74, 6) is -1.45. The largest absolute Gasteiger partial charge is 0.393 e. The van der Waals surface area contributed by atoms with Gasteiger partial charge in [0.15, 0.2) is 0 Å². The van der Waals surface area contributed by atoms with E-state index in [0.717, 1.165) is 0 Å². The van der Waals surface area contributed by atoms with E-state index in [2.05, 4.69) is 0 Å². The van der Waals surface area contributed by atoms with Crippen molar-refractivity contribution in [2.45, 2.75) is 25.4 Å². The molecule has 3 N–H and O–H groups in total. The molecule has 1 amide bonds. The van der Waals surface area contributed by atoms with Crippen LogP contribution in [-0.2, 0) is 9.59 Å². The molecule has 1 rings (SSSR count). The van der Waals surface area contributed by atoms with Crippen LogP contribution in [0.15, 0.2) is 0 Å². The molecule has 0 saturated heterocycles. The summed E-state index contributed by atoms with van der Waals surface area (Å²) >= 11 is 0. The molecule has 0 aromatic rings. The average Bonchev–Trinajstić information content (AvgIpc) is 1.85. The van der Waals surface area contributed by atoms with Gasteiger partial charge < -0.3 is 10.8 Å². The first kappa shape index (κ1) is 8.20. The third kappa shape index (κ3) is 1.77. The zero-order valence-corrected chi connectivity index (χ0v) is 6.12. The van der Waals surface area contributed by atoms with Gasteiger partial charge in [0.1, 0.15) is 5.78 Å². The van der Waals surface area contributed by atoms with Gasteiger partial charge in [-0.25, -0.2) is 0 Å². The molecule has 4 heteroatoms. The highest BCUT2D eigenvalue weighted by Gasteiger charge is 2.30. The second kappa shape index (κ2) is 3.00. The van der Waals surface area contributed by atoms with Crippen molar-refractivity contribution >= 4 is 11.7 Å². The number of aliphatic hydroxyl groups excluding tert-OH is 1. The molecule has 0 aliphatic heterocycles. The summed E-state index contributed by atoms with van der Waals surface area (Å²) in [5, 5.41) is 9.01. The SMILES string of the molecule is NC(=O)C1CCC(O)CC1=O. The van der Waals surface area contributed by atoms with Crippen molar-refractivity contribution in [1.29, 1.82) is 0 Å². The Balaban J connectivity index is 2.58. The second-order valence-electron chi connectivity index (χ2n) is 2.86. The van der Waals surface area contributed by atoms with E-state index in [0.29, 0.717) is 12.8 Å². The van der Waals surface area contributed by atoms with Gasteiger partial charge in [0, 0.05) is 6.42 Å². The highest BCUT2D eigenvalue weighted by molar-refractivity contribution is 6.01. The molecule has 4 nitrogen and oxygen atoms in total. The van der Waals surface area contributed by atoms with Gasteiger partial charge in [-0.15, -0.1) is 0 Å². The minimum absolute atomic E-state index is 0.0770. The Hall–Kier alpha value is -0.900. The summed E-state index contributed by atoms with van der Waals surface area (Å²) in [4.78, 5) is 21.6. The van der Waals surface area contributed by atoms with Crippen LogP contribution in [0.2, 0.25) is 0 Å². The van der Waals surface area contributed by atoms with Gasteiger partial charge in [0.25, 0.3) is 0 Å². The summed E-state index contributed by atoms with van der Waals surface area (Å²) in [6, 6.07) is 0. The van der Waals surface area contributed by atoms with Crippen LogP contribution in [0.3, 0.4) is 0 Å². The number of carbonyl (C=O) groups excluding carboxylic acids is 2. The van der Waals surface area contributed by atoms with Gasteiger partial charge in [-0.3, -0.25) is 9.59 Å². The molecular formula is C7H11NO3. The fraction of sp³-hybridized carbons (Fsp3) is 0.714. The molecule has 62 valence electrons. The third-order valence-electron chi connectivity index (χ3n) is 1.96. The predicted molar refractivity (Wildman–Crippen MR) is 37.5 cm³/mol. The lowest BCUT2D eigenvalue weighted by atomic mass is 9.86. The number of ketones is 1. The van der Waals surface area contributed by atoms with Crippen molar-refractivity contribution in [1.82, 2.24) is 0 Å². The quantitative estimate of drug-likeness (QED) is 0.489. The van der Waals surface area contributed by atoms with Crippen LogP contribution >= 0.6 is 0 Å². The molecule has 1 aliphatic rings. The normalized spacial score (nSPS) is 31.9. The Bertz CT molecular complexity index is 190. The molecule has 1 aliphatic carbocycles. The maximum Gasteiger partial charge on any atom is 0.227 e. The zero-order chi connectivity index (χ0) is 8.43. The van der Waals surface area contributed by atoms with E-state index in [1.54, 1.807) is 0 Å². The number of aliphatic hydroxyl groups is 1. The van der Waals surface area contributed by atoms with E-state index in [-0.39, 0.29) is 12.2 Å². The van der Waals surface area contributed by atoms with Crippen LogP contribution in [0.1, 0.15) is 19.3 Å². The van der Waals surface area contributed by atoms with Crippen molar-refractivity contribution < 1.29 is 14.7 Å². The average molecular weight is 157 g/mol. The molecule has 0 aromatic heterocycles. The molecule has 0 radical (unpaired) electrons. The van der Waals surface area contributed by atoms with E-state index >= 15 is 0 Å². The molecule has 1 fully saturated rings. The van der Waals surface area contributed by atoms with E-state index in [9.17, 15) is 9.59 Å². The van der Waals surface area contributed by atoms with Gasteiger partial charge in [-0.1, -0.05) is 0 Å². The maximum atomic E-state index is 11.0. The van der Waals surface area contributed by atoms with Gasteiger partial charge in [-0.05, 0) is 12.8 Å². The van der Waals surface area contributed by atoms with Crippen molar-refractivity contribution in [2.75, 3.05) is 0 Å². The monoisotopic (exact) mass is 157 g/mol. The first-order valence-corrected chi connectivity index (χ1v) is 3.61. The predicted octanol–water partition coefficient (Wildman–Crippen LogP) is -0.798. The molecule has 11 heavy (non-hydrogen) atoms. The zero-order valence-electron chi connectivity index (χ0n) is 6.12. The number of rotatable bonds is 1. The molecule has 0 bridgehead atoms. The smallest absolute Gasteiger partial charge is 0.227 e. The summed E-state index contributed by atoms with van der Waals surface area (Å²) in [6.45, 7) is 0. The topological polar surface area (TPSA) is 80.4 Å². The summed E-state index contributed by atoms with van der Waals surface area (Å²) < 4.78 is 0. The van der Waals surface area contributed by atoms with Gasteiger partial charge >= 0.3 is 0 Å². The van der Waals surface area contributed by atoms with Crippen molar-refractivity contribution in [3.63, 3.8) is 0 Å². The molecule has 2 unspecified atom stereocenters. The van der Waals surface area contributed by atoms with Gasteiger partial charge in [0.05, 0.1) is 12.0 Å². The number of Topliss-reactive ketones (excluding diaryl/α,β-unsaturated/α-hetero) is 1. The Labute approximate surface area is 64.4 Å². The molecule has 1 saturated carbocycles. The number of hydrogen-bond donors (Lipinski definition) is 2. The lowest BCUT2D eigenvalue weighted by molar-refractivity contribution is -0.136. The fourth-order valence-corrected chi connectivity index (χ4v) is 1.30. The van der Waals surface area contributed by atoms with Crippen LogP contribution in [0.25, 0.3) is 0 Å². The number of nitrogens with two attached hydrogens (primary N) is 1. The molecule has 2 atom stereocenters. The van der Waals surface area contributed by atoms with E-state index in [1.165, 1.54) is 0 Å². The van der Waals surface area contributed by atoms with Crippen LogP contribution < -0.4 is 5.73 Å². The standard InChI is InChI=1S/C7H11NO3/c8-7(11)5-2-1-4(9)3-6(5)10/h4-5,9H,1-3H2,(H2,8,11). The molecular weight excluding hydrogens is 146 g/mol. The number of primary amides is 1. The molecule has 0 spiro atoms. The van der Waals surface area contributed by atoms with Crippen molar-refractivity contribution in [2.24, 2.45) is 11.7 Å². The Kier molecular flexibility index (Phi) is 2.24. The first-order valence-electron chi connectivity index (χ1n) is 3.61. The lowest BCUT2D eigenvalue weighted by Gasteiger charge is -2.21. The summed E-state index contributed by atoms with van der Waals surface area (Å²) in [7, 11) is 0. The van der Waals surface area contributed by atoms with Crippen molar-refractivity contribution in [3.8, 4) is 0 Å². The third-order valence-corrected chi connectivity index (χ3v) is 1.96. The molecule has 0 aromatic carbocycles. The maximum absolute atomic E-state index is 11.0. The summed E-state index contributed by atoms with van der Waals surface area (Å²) in [5.41, 5.74) is 4.96. The Morgan fingerprint density at radius 2 is 2.18 bits per heavy atom. The highest BCUT2D eigenvalue weighted by Crippen LogP contribution is 2.20.